The minimum absolute atomic E-state index is 0.130. The summed E-state index contributed by atoms with van der Waals surface area (Å²) in [7, 11) is 0. The quantitative estimate of drug-likeness (QED) is 0.331. The lowest BCUT2D eigenvalue weighted by Crippen LogP contribution is -2.41. The number of ether oxygens (including phenoxy) is 1. The van der Waals surface area contributed by atoms with Gasteiger partial charge in [0, 0.05) is 6.04 Å². The molecular formula is C32H44FNO2. The lowest BCUT2D eigenvalue weighted by atomic mass is 9.82. The van der Waals surface area contributed by atoms with E-state index in [2.05, 4.69) is 36.9 Å². The maximum absolute atomic E-state index is 13.1. The molecule has 2 aromatic carbocycles. The van der Waals surface area contributed by atoms with E-state index in [9.17, 15) is 9.18 Å². The van der Waals surface area contributed by atoms with Crippen LogP contribution in [0.3, 0.4) is 0 Å². The number of benzene rings is 2. The average molecular weight is 494 g/mol. The smallest absolute Gasteiger partial charge is 0.313 e. The Morgan fingerprint density at radius 1 is 0.972 bits per heavy atom. The van der Waals surface area contributed by atoms with Gasteiger partial charge in [0.25, 0.3) is 0 Å². The Bertz CT molecular complexity index is 972. The zero-order chi connectivity index (χ0) is 25.5. The van der Waals surface area contributed by atoms with Crippen molar-refractivity contribution in [2.75, 3.05) is 19.7 Å². The van der Waals surface area contributed by atoms with E-state index in [4.69, 9.17) is 4.74 Å². The van der Waals surface area contributed by atoms with Crippen LogP contribution < -0.4 is 0 Å². The second-order valence-electron chi connectivity index (χ2n) is 11.3. The van der Waals surface area contributed by atoms with E-state index in [0.717, 1.165) is 55.1 Å². The summed E-state index contributed by atoms with van der Waals surface area (Å²) < 4.78 is 18.6. The predicted molar refractivity (Wildman–Crippen MR) is 146 cm³/mol. The van der Waals surface area contributed by atoms with Crippen LogP contribution in [0.2, 0.25) is 0 Å². The van der Waals surface area contributed by atoms with Crippen molar-refractivity contribution in [3.63, 3.8) is 0 Å². The van der Waals surface area contributed by atoms with Crippen LogP contribution in [0.15, 0.2) is 42.5 Å². The summed E-state index contributed by atoms with van der Waals surface area (Å²) >= 11 is 0. The SMILES string of the molecule is CCOC(=O)C(CC(C)C)c1cc(-c2ccc(CF)cc2)cc(C2CCN(C3CCCCC3)CC2)c1. The topological polar surface area (TPSA) is 29.5 Å². The number of likely N-dealkylation sites (tertiary alicyclic amines) is 1. The molecule has 4 rings (SSSR count). The molecule has 2 aromatic rings. The fraction of sp³-hybridized carbons (Fsp3) is 0.594. The highest BCUT2D eigenvalue weighted by atomic mass is 19.1. The molecule has 0 spiro atoms. The standard InChI is InChI=1S/C32H44FNO2/c1-4-36-32(35)31(18-23(2)3)29-20-27(25-12-10-24(22-33)11-13-25)19-28(21-29)26-14-16-34(17-15-26)30-8-6-5-7-9-30/h10-13,19-21,23,26,30-31H,4-9,14-18,22H2,1-3H3. The third-order valence-electron chi connectivity index (χ3n) is 8.19. The normalized spacial score (nSPS) is 18.9. The molecule has 1 heterocycles. The van der Waals surface area contributed by atoms with E-state index in [1.165, 1.54) is 37.7 Å². The Hall–Kier alpha value is -2.20. The number of nitrogens with zero attached hydrogens (tertiary/aromatic N) is 1. The zero-order valence-electron chi connectivity index (χ0n) is 22.5. The van der Waals surface area contributed by atoms with Gasteiger partial charge in [-0.2, -0.15) is 0 Å². The minimum Gasteiger partial charge on any atom is -0.466 e. The van der Waals surface area contributed by atoms with E-state index in [-0.39, 0.29) is 11.9 Å². The lowest BCUT2D eigenvalue weighted by molar-refractivity contribution is -0.145. The summed E-state index contributed by atoms with van der Waals surface area (Å²) in [4.78, 5) is 15.8. The molecule has 2 aliphatic rings. The first kappa shape index (κ1) is 26.9. The molecule has 1 atom stereocenters. The lowest BCUT2D eigenvalue weighted by Gasteiger charge is -2.39. The summed E-state index contributed by atoms with van der Waals surface area (Å²) in [5, 5.41) is 0. The van der Waals surface area contributed by atoms with Crippen molar-refractivity contribution < 1.29 is 13.9 Å². The van der Waals surface area contributed by atoms with E-state index < -0.39 is 6.67 Å². The Labute approximate surface area is 217 Å². The number of hydrogen-bond acceptors (Lipinski definition) is 3. The van der Waals surface area contributed by atoms with Gasteiger partial charge in [-0.3, -0.25) is 4.79 Å². The van der Waals surface area contributed by atoms with Crippen molar-refractivity contribution in [3.8, 4) is 11.1 Å². The summed E-state index contributed by atoms with van der Waals surface area (Å²) in [6.07, 6.45) is 9.95. The highest BCUT2D eigenvalue weighted by Crippen LogP contribution is 2.37. The van der Waals surface area contributed by atoms with Gasteiger partial charge in [-0.15, -0.1) is 0 Å². The Balaban J connectivity index is 1.64. The van der Waals surface area contributed by atoms with Gasteiger partial charge in [-0.1, -0.05) is 75.6 Å². The van der Waals surface area contributed by atoms with Crippen LogP contribution in [0, 0.1) is 5.92 Å². The van der Waals surface area contributed by atoms with Crippen molar-refractivity contribution in [2.24, 2.45) is 5.92 Å². The largest absolute Gasteiger partial charge is 0.466 e. The van der Waals surface area contributed by atoms with Gasteiger partial charge >= 0.3 is 5.97 Å². The molecular weight excluding hydrogens is 449 g/mol. The molecule has 4 heteroatoms. The molecule has 1 saturated heterocycles. The maximum Gasteiger partial charge on any atom is 0.313 e. The van der Waals surface area contributed by atoms with Crippen molar-refractivity contribution >= 4 is 5.97 Å². The van der Waals surface area contributed by atoms with Crippen LogP contribution in [-0.2, 0) is 16.2 Å². The summed E-state index contributed by atoms with van der Waals surface area (Å²) in [6.45, 7) is 8.45. The Kier molecular flexibility index (Phi) is 9.59. The molecule has 0 amide bonds. The number of piperidine rings is 1. The average Bonchev–Trinajstić information content (AvgIpc) is 2.92. The third kappa shape index (κ3) is 6.76. The van der Waals surface area contributed by atoms with Gasteiger partial charge in [0.2, 0.25) is 0 Å². The number of alkyl halides is 1. The molecule has 1 saturated carbocycles. The number of esters is 1. The molecule has 2 fully saturated rings. The van der Waals surface area contributed by atoms with Crippen molar-refractivity contribution in [1.29, 1.82) is 0 Å². The Morgan fingerprint density at radius 2 is 1.67 bits per heavy atom. The second kappa shape index (κ2) is 12.9. The summed E-state index contributed by atoms with van der Waals surface area (Å²) in [5.74, 6) is 0.481. The van der Waals surface area contributed by atoms with Crippen LogP contribution in [0.25, 0.3) is 11.1 Å². The summed E-state index contributed by atoms with van der Waals surface area (Å²) in [6, 6.07) is 15.3. The molecule has 0 aromatic heterocycles. The first-order valence-corrected chi connectivity index (χ1v) is 14.2. The van der Waals surface area contributed by atoms with Gasteiger partial charge in [-0.25, -0.2) is 4.39 Å². The first-order chi connectivity index (χ1) is 17.5. The number of carbonyl (C=O) groups is 1. The summed E-state index contributed by atoms with van der Waals surface area (Å²) in [5.41, 5.74) is 5.26. The van der Waals surface area contributed by atoms with E-state index in [1.807, 2.05) is 31.2 Å². The van der Waals surface area contributed by atoms with E-state index in [0.29, 0.717) is 24.0 Å². The number of rotatable bonds is 9. The van der Waals surface area contributed by atoms with Crippen molar-refractivity contribution in [2.45, 2.75) is 96.7 Å². The van der Waals surface area contributed by atoms with Crippen LogP contribution in [0.1, 0.15) is 101 Å². The van der Waals surface area contributed by atoms with E-state index >= 15 is 0 Å². The number of hydrogen-bond donors (Lipinski definition) is 0. The maximum atomic E-state index is 13.1. The zero-order valence-corrected chi connectivity index (χ0v) is 22.5. The second-order valence-corrected chi connectivity index (χ2v) is 11.3. The molecule has 36 heavy (non-hydrogen) atoms. The monoisotopic (exact) mass is 493 g/mol. The number of carbonyl (C=O) groups excluding carboxylic acids is 1. The van der Waals surface area contributed by atoms with Crippen molar-refractivity contribution in [3.05, 3.63) is 59.2 Å². The molecule has 1 aliphatic heterocycles. The van der Waals surface area contributed by atoms with Crippen LogP contribution >= 0.6 is 0 Å². The highest BCUT2D eigenvalue weighted by molar-refractivity contribution is 5.79. The van der Waals surface area contributed by atoms with Gasteiger partial charge in [0.1, 0.15) is 6.67 Å². The van der Waals surface area contributed by atoms with Crippen molar-refractivity contribution in [1.82, 2.24) is 4.90 Å². The molecule has 1 unspecified atom stereocenters. The van der Waals surface area contributed by atoms with Crippen LogP contribution in [-0.4, -0.2) is 36.6 Å². The van der Waals surface area contributed by atoms with Gasteiger partial charge in [-0.05, 0) is 91.8 Å². The molecule has 3 nitrogen and oxygen atoms in total. The van der Waals surface area contributed by atoms with Gasteiger partial charge in [0.15, 0.2) is 0 Å². The number of halogens is 1. The molecule has 196 valence electrons. The minimum atomic E-state index is -0.454. The highest BCUT2D eigenvalue weighted by Gasteiger charge is 2.29. The van der Waals surface area contributed by atoms with Gasteiger partial charge in [0.05, 0.1) is 12.5 Å². The molecule has 0 N–H and O–H groups in total. The molecule has 0 bridgehead atoms. The first-order valence-electron chi connectivity index (χ1n) is 14.2. The third-order valence-corrected chi connectivity index (χ3v) is 8.19. The van der Waals surface area contributed by atoms with Crippen LogP contribution in [0.4, 0.5) is 4.39 Å². The van der Waals surface area contributed by atoms with Crippen LogP contribution in [0.5, 0.6) is 0 Å². The fourth-order valence-electron chi connectivity index (χ4n) is 6.19. The van der Waals surface area contributed by atoms with E-state index in [1.54, 1.807) is 0 Å². The molecule has 0 radical (unpaired) electrons. The molecule has 1 aliphatic carbocycles. The fourth-order valence-corrected chi connectivity index (χ4v) is 6.19. The predicted octanol–water partition coefficient (Wildman–Crippen LogP) is 8.03. The van der Waals surface area contributed by atoms with Gasteiger partial charge < -0.3 is 9.64 Å². The Morgan fingerprint density at radius 3 is 2.28 bits per heavy atom.